The molecule has 2 atom stereocenters. The molecule has 3 aromatic rings. The number of amides is 2. The van der Waals surface area contributed by atoms with Crippen LogP contribution in [-0.4, -0.2) is 58.0 Å². The number of nitrogens with zero attached hydrogens (tertiary/aromatic N) is 4. The lowest BCUT2D eigenvalue weighted by Gasteiger charge is -2.33. The topological polar surface area (TPSA) is 84.3 Å². The highest BCUT2D eigenvalue weighted by molar-refractivity contribution is 5.74. The number of rotatable bonds is 7. The van der Waals surface area contributed by atoms with E-state index in [2.05, 4.69) is 49.9 Å². The second kappa shape index (κ2) is 10.2. The maximum Gasteiger partial charge on any atom is 0.315 e. The summed E-state index contributed by atoms with van der Waals surface area (Å²) in [5.41, 5.74) is 3.23. The monoisotopic (exact) mass is 420 g/mol. The van der Waals surface area contributed by atoms with Crippen LogP contribution in [0.4, 0.5) is 4.79 Å². The van der Waals surface area contributed by atoms with Gasteiger partial charge in [-0.25, -0.2) is 14.5 Å². The van der Waals surface area contributed by atoms with Crippen molar-refractivity contribution in [2.75, 3.05) is 26.2 Å². The highest BCUT2D eigenvalue weighted by Gasteiger charge is 2.21. The third kappa shape index (κ3) is 5.90. The van der Waals surface area contributed by atoms with E-state index in [0.29, 0.717) is 13.2 Å². The van der Waals surface area contributed by atoms with Crippen LogP contribution in [0.3, 0.4) is 0 Å². The van der Waals surface area contributed by atoms with E-state index < -0.39 is 0 Å². The molecule has 2 unspecified atom stereocenters. The van der Waals surface area contributed by atoms with Crippen LogP contribution in [0.1, 0.15) is 24.1 Å². The molecule has 162 valence electrons. The first-order valence-corrected chi connectivity index (χ1v) is 10.5. The van der Waals surface area contributed by atoms with Gasteiger partial charge in [0.25, 0.3) is 0 Å². The third-order valence-electron chi connectivity index (χ3n) is 5.39. The molecule has 1 saturated heterocycles. The molecule has 0 aliphatic carbocycles. The van der Waals surface area contributed by atoms with Crippen molar-refractivity contribution < 1.29 is 9.53 Å². The fourth-order valence-corrected chi connectivity index (χ4v) is 3.68. The fraction of sp³-hybridized carbons (Fsp3) is 0.348. The number of carbonyl (C=O) groups is 1. The van der Waals surface area contributed by atoms with Gasteiger partial charge in [0.15, 0.2) is 0 Å². The van der Waals surface area contributed by atoms with Crippen LogP contribution in [0.5, 0.6) is 0 Å². The van der Waals surface area contributed by atoms with Crippen LogP contribution in [-0.2, 0) is 11.3 Å². The molecule has 0 spiro atoms. The van der Waals surface area contributed by atoms with Gasteiger partial charge in [0, 0.05) is 26.2 Å². The number of hydrogen-bond acceptors (Lipinski definition) is 5. The van der Waals surface area contributed by atoms with Gasteiger partial charge in [0.1, 0.15) is 12.7 Å². The molecule has 2 N–H and O–H groups in total. The first kappa shape index (κ1) is 21.0. The molecule has 8 nitrogen and oxygen atoms in total. The van der Waals surface area contributed by atoms with E-state index in [-0.39, 0.29) is 18.2 Å². The quantitative estimate of drug-likeness (QED) is 0.614. The molecular weight excluding hydrogens is 392 g/mol. The zero-order valence-corrected chi connectivity index (χ0v) is 17.6. The van der Waals surface area contributed by atoms with Crippen molar-refractivity contribution in [1.29, 1.82) is 0 Å². The maximum atomic E-state index is 12.4. The van der Waals surface area contributed by atoms with Gasteiger partial charge in [-0.1, -0.05) is 42.5 Å². The average molecular weight is 421 g/mol. The number of urea groups is 1. The lowest BCUT2D eigenvalue weighted by atomic mass is 10.1. The Kier molecular flexibility index (Phi) is 6.91. The zero-order valence-electron chi connectivity index (χ0n) is 17.6. The van der Waals surface area contributed by atoms with Crippen molar-refractivity contribution in [2.24, 2.45) is 0 Å². The second-order valence-corrected chi connectivity index (χ2v) is 7.72. The number of benzene rings is 2. The minimum atomic E-state index is -0.198. The van der Waals surface area contributed by atoms with Crippen LogP contribution in [0.25, 0.3) is 5.69 Å². The van der Waals surface area contributed by atoms with E-state index in [4.69, 9.17) is 4.74 Å². The lowest BCUT2D eigenvalue weighted by Crippen LogP contribution is -2.48. The third-order valence-corrected chi connectivity index (χ3v) is 5.39. The summed E-state index contributed by atoms with van der Waals surface area (Å²) in [5.74, 6) is 0. The Morgan fingerprint density at radius 2 is 2.00 bits per heavy atom. The van der Waals surface area contributed by atoms with Gasteiger partial charge < -0.3 is 15.4 Å². The van der Waals surface area contributed by atoms with Crippen LogP contribution in [0.15, 0.2) is 67.3 Å². The molecule has 1 aromatic heterocycles. The second-order valence-electron chi connectivity index (χ2n) is 7.72. The molecular formula is C23H28N6O2. The van der Waals surface area contributed by atoms with E-state index in [0.717, 1.165) is 30.9 Å². The summed E-state index contributed by atoms with van der Waals surface area (Å²) >= 11 is 0. The Morgan fingerprint density at radius 3 is 2.74 bits per heavy atom. The Hall–Kier alpha value is -3.23. The van der Waals surface area contributed by atoms with Crippen molar-refractivity contribution >= 4 is 6.03 Å². The van der Waals surface area contributed by atoms with E-state index in [9.17, 15) is 4.79 Å². The molecule has 4 rings (SSSR count). The highest BCUT2D eigenvalue weighted by Crippen LogP contribution is 2.15. The molecule has 2 heterocycles. The molecule has 0 radical (unpaired) electrons. The number of carbonyl (C=O) groups excluding carboxylic acids is 1. The molecule has 1 fully saturated rings. The molecule has 8 heteroatoms. The van der Waals surface area contributed by atoms with Gasteiger partial charge in [0.05, 0.1) is 24.4 Å². The van der Waals surface area contributed by atoms with E-state index >= 15 is 0 Å². The van der Waals surface area contributed by atoms with Crippen LogP contribution < -0.4 is 10.6 Å². The smallest absolute Gasteiger partial charge is 0.315 e. The van der Waals surface area contributed by atoms with Gasteiger partial charge in [-0.15, -0.1) is 0 Å². The predicted octanol–water partition coefficient (Wildman–Crippen LogP) is 2.53. The van der Waals surface area contributed by atoms with Gasteiger partial charge in [-0.2, -0.15) is 5.10 Å². The highest BCUT2D eigenvalue weighted by atomic mass is 16.5. The first-order valence-electron chi connectivity index (χ1n) is 10.5. The summed E-state index contributed by atoms with van der Waals surface area (Å²) in [7, 11) is 0. The van der Waals surface area contributed by atoms with Gasteiger partial charge in [-0.05, 0) is 30.2 Å². The van der Waals surface area contributed by atoms with Crippen molar-refractivity contribution in [3.05, 3.63) is 78.4 Å². The van der Waals surface area contributed by atoms with E-state index in [1.165, 1.54) is 11.9 Å². The van der Waals surface area contributed by atoms with E-state index in [1.807, 2.05) is 37.3 Å². The SMILES string of the molecule is CC(NC(=O)NCC1CN(Cc2ccccc2)CCO1)c1ccc(-n2cncn2)cc1. The summed E-state index contributed by atoms with van der Waals surface area (Å²) in [6.07, 6.45) is 3.14. The van der Waals surface area contributed by atoms with Gasteiger partial charge >= 0.3 is 6.03 Å². The minimum Gasteiger partial charge on any atom is -0.374 e. The number of nitrogens with one attached hydrogen (secondary N) is 2. The van der Waals surface area contributed by atoms with Crippen molar-refractivity contribution in [3.8, 4) is 5.69 Å². The number of ether oxygens (including phenoxy) is 1. The Bertz CT molecular complexity index is 946. The van der Waals surface area contributed by atoms with Crippen molar-refractivity contribution in [1.82, 2.24) is 30.3 Å². The van der Waals surface area contributed by atoms with Crippen LogP contribution in [0, 0.1) is 0 Å². The summed E-state index contributed by atoms with van der Waals surface area (Å²) in [6.45, 7) is 5.72. The molecule has 1 aliphatic heterocycles. The van der Waals surface area contributed by atoms with Crippen LogP contribution >= 0.6 is 0 Å². The standard InChI is InChI=1S/C23H28N6O2/c1-18(20-7-9-21(10-8-20)29-17-24-16-26-29)27-23(30)25-13-22-15-28(11-12-31-22)14-19-5-3-2-4-6-19/h2-10,16-18,22H,11-15H2,1H3,(H2,25,27,30). The maximum absolute atomic E-state index is 12.4. The molecule has 31 heavy (non-hydrogen) atoms. The van der Waals surface area contributed by atoms with Gasteiger partial charge in [0.2, 0.25) is 0 Å². The first-order chi connectivity index (χ1) is 15.2. The summed E-state index contributed by atoms with van der Waals surface area (Å²) in [4.78, 5) is 18.7. The Labute approximate surface area is 182 Å². The zero-order chi connectivity index (χ0) is 21.5. The summed E-state index contributed by atoms with van der Waals surface area (Å²) in [5, 5.41) is 10.1. The fourth-order valence-electron chi connectivity index (χ4n) is 3.68. The molecule has 1 aliphatic rings. The molecule has 0 bridgehead atoms. The number of hydrogen-bond donors (Lipinski definition) is 2. The van der Waals surface area contributed by atoms with Gasteiger partial charge in [-0.3, -0.25) is 4.90 Å². The largest absolute Gasteiger partial charge is 0.374 e. The number of aromatic nitrogens is 3. The molecule has 0 saturated carbocycles. The Morgan fingerprint density at radius 1 is 1.19 bits per heavy atom. The summed E-state index contributed by atoms with van der Waals surface area (Å²) in [6, 6.07) is 18.0. The average Bonchev–Trinajstić information content (AvgIpc) is 3.34. The molecule has 2 aromatic carbocycles. The predicted molar refractivity (Wildman–Crippen MR) is 118 cm³/mol. The summed E-state index contributed by atoms with van der Waals surface area (Å²) < 4.78 is 7.53. The Balaban J connectivity index is 1.22. The van der Waals surface area contributed by atoms with Crippen LogP contribution in [0.2, 0.25) is 0 Å². The lowest BCUT2D eigenvalue weighted by molar-refractivity contribution is -0.0287. The van der Waals surface area contributed by atoms with Crippen molar-refractivity contribution in [2.45, 2.75) is 25.6 Å². The molecule has 2 amide bonds. The van der Waals surface area contributed by atoms with E-state index in [1.54, 1.807) is 11.0 Å². The minimum absolute atomic E-state index is 0.0134. The van der Waals surface area contributed by atoms with Crippen molar-refractivity contribution in [3.63, 3.8) is 0 Å². The normalized spacial score (nSPS) is 17.8. The number of morpholine rings is 1.